The Balaban J connectivity index is 4.24. The van der Waals surface area contributed by atoms with Crippen LogP contribution in [0.3, 0.4) is 0 Å². The first-order valence-electron chi connectivity index (χ1n) is 4.34. The van der Waals surface area contributed by atoms with E-state index in [1.54, 1.807) is 13.8 Å². The van der Waals surface area contributed by atoms with Gasteiger partial charge in [0, 0.05) is 18.3 Å². The van der Waals surface area contributed by atoms with E-state index in [0.29, 0.717) is 11.3 Å². The van der Waals surface area contributed by atoms with E-state index in [1.165, 1.54) is 4.90 Å². The van der Waals surface area contributed by atoms with Gasteiger partial charge >= 0.3 is 6.18 Å². The van der Waals surface area contributed by atoms with Crippen molar-refractivity contribution in [3.8, 4) is 0 Å². The summed E-state index contributed by atoms with van der Waals surface area (Å²) in [6, 6.07) is -0.145. The molecule has 0 atom stereocenters. The summed E-state index contributed by atoms with van der Waals surface area (Å²) in [5, 5.41) is 0. The minimum absolute atomic E-state index is 0.145. The molecule has 5 heteroatoms. The quantitative estimate of drug-likeness (QED) is 0.558. The lowest BCUT2D eigenvalue weighted by Gasteiger charge is -2.27. The Hall–Kier alpha value is -0.160. The summed E-state index contributed by atoms with van der Waals surface area (Å²) < 4.78 is 36.4. The Morgan fingerprint density at radius 1 is 1.43 bits per heavy atom. The third kappa shape index (κ3) is 6.32. The molecule has 0 saturated heterocycles. The number of alkyl halides is 3. The van der Waals surface area contributed by atoms with Crippen LogP contribution in [0.25, 0.3) is 0 Å². The van der Waals surface area contributed by atoms with E-state index < -0.39 is 12.7 Å². The fraction of sp³-hybridized carbons (Fsp3) is 0.778. The van der Waals surface area contributed by atoms with E-state index >= 15 is 0 Å². The molecule has 1 nitrogen and oxygen atoms in total. The molecule has 0 radical (unpaired) electrons. The third-order valence-electron chi connectivity index (χ3n) is 1.76. The summed E-state index contributed by atoms with van der Waals surface area (Å²) in [4.78, 5) is 1.33. The standard InChI is InChI=1S/C9H16F3NS/c1-7(2)13(4-8(3)5-14)6-9(10,11)12/h7,14H,3-6H2,1-2H3. The van der Waals surface area contributed by atoms with E-state index in [9.17, 15) is 13.2 Å². The van der Waals surface area contributed by atoms with Crippen LogP contribution in [0.4, 0.5) is 13.2 Å². The van der Waals surface area contributed by atoms with E-state index in [1.807, 2.05) is 0 Å². The normalized spacial score (nSPS) is 12.6. The number of nitrogens with zero attached hydrogens (tertiary/aromatic N) is 1. The average Bonchev–Trinajstić information content (AvgIpc) is 2.00. The van der Waals surface area contributed by atoms with Crippen molar-refractivity contribution in [2.75, 3.05) is 18.8 Å². The lowest BCUT2D eigenvalue weighted by molar-refractivity contribution is -0.148. The van der Waals surface area contributed by atoms with Crippen molar-refractivity contribution in [1.82, 2.24) is 4.90 Å². The highest BCUT2D eigenvalue weighted by molar-refractivity contribution is 7.80. The molecule has 14 heavy (non-hydrogen) atoms. The maximum absolute atomic E-state index is 12.1. The van der Waals surface area contributed by atoms with E-state index in [4.69, 9.17) is 0 Å². The number of thiol groups is 1. The summed E-state index contributed by atoms with van der Waals surface area (Å²) >= 11 is 3.96. The molecule has 0 aromatic rings. The van der Waals surface area contributed by atoms with Crippen molar-refractivity contribution < 1.29 is 13.2 Å². The number of halogens is 3. The Morgan fingerprint density at radius 3 is 2.21 bits per heavy atom. The van der Waals surface area contributed by atoms with Gasteiger partial charge in [-0.2, -0.15) is 25.8 Å². The molecule has 84 valence electrons. The Morgan fingerprint density at radius 2 is 1.93 bits per heavy atom. The Kier molecular flexibility index (Phi) is 5.59. The van der Waals surface area contributed by atoms with Gasteiger partial charge < -0.3 is 0 Å². The molecule has 0 heterocycles. The first-order valence-corrected chi connectivity index (χ1v) is 4.98. The third-order valence-corrected chi connectivity index (χ3v) is 2.21. The molecule has 0 aromatic heterocycles. The van der Waals surface area contributed by atoms with Crippen LogP contribution in [-0.2, 0) is 0 Å². The average molecular weight is 227 g/mol. The zero-order valence-corrected chi connectivity index (χ0v) is 9.33. The van der Waals surface area contributed by atoms with Crippen LogP contribution < -0.4 is 0 Å². The lowest BCUT2D eigenvalue weighted by atomic mass is 10.2. The van der Waals surface area contributed by atoms with Crippen LogP contribution >= 0.6 is 12.6 Å². The molecule has 0 rings (SSSR count). The maximum atomic E-state index is 12.1. The molecule has 0 aromatic carbocycles. The van der Waals surface area contributed by atoms with Crippen molar-refractivity contribution in [2.45, 2.75) is 26.1 Å². The van der Waals surface area contributed by atoms with E-state index in [0.717, 1.165) is 0 Å². The predicted molar refractivity (Wildman–Crippen MR) is 55.8 cm³/mol. The molecule has 0 aliphatic carbocycles. The first-order chi connectivity index (χ1) is 6.26. The number of hydrogen-bond acceptors (Lipinski definition) is 2. The van der Waals surface area contributed by atoms with Crippen molar-refractivity contribution >= 4 is 12.6 Å². The van der Waals surface area contributed by atoms with Crippen molar-refractivity contribution in [1.29, 1.82) is 0 Å². The minimum atomic E-state index is -4.15. The highest BCUT2D eigenvalue weighted by Crippen LogP contribution is 2.18. The van der Waals surface area contributed by atoms with Gasteiger partial charge in [0.05, 0.1) is 6.54 Å². The molecular weight excluding hydrogens is 211 g/mol. The van der Waals surface area contributed by atoms with Gasteiger partial charge in [-0.15, -0.1) is 0 Å². The van der Waals surface area contributed by atoms with Gasteiger partial charge in [0.1, 0.15) is 0 Å². The van der Waals surface area contributed by atoms with Crippen molar-refractivity contribution in [2.24, 2.45) is 0 Å². The van der Waals surface area contributed by atoms with Crippen LogP contribution in [0.5, 0.6) is 0 Å². The molecule has 0 saturated carbocycles. The zero-order valence-electron chi connectivity index (χ0n) is 8.43. The summed E-state index contributed by atoms with van der Waals surface area (Å²) in [6.07, 6.45) is -4.15. The molecule has 0 aliphatic heterocycles. The number of hydrogen-bond donors (Lipinski definition) is 1. The van der Waals surface area contributed by atoms with Crippen LogP contribution in [0.2, 0.25) is 0 Å². The first kappa shape index (κ1) is 13.8. The predicted octanol–water partition coefficient (Wildman–Crippen LogP) is 2.75. The molecule has 0 N–H and O–H groups in total. The second kappa shape index (κ2) is 5.66. The lowest BCUT2D eigenvalue weighted by Crippen LogP contribution is -2.40. The van der Waals surface area contributed by atoms with Crippen LogP contribution in [0.1, 0.15) is 13.8 Å². The van der Waals surface area contributed by atoms with E-state index in [2.05, 4.69) is 19.2 Å². The summed E-state index contributed by atoms with van der Waals surface area (Å²) in [7, 11) is 0. The van der Waals surface area contributed by atoms with Gasteiger partial charge in [-0.05, 0) is 13.8 Å². The van der Waals surface area contributed by atoms with Crippen LogP contribution in [0, 0.1) is 0 Å². The fourth-order valence-electron chi connectivity index (χ4n) is 0.989. The second-order valence-corrected chi connectivity index (χ2v) is 3.84. The van der Waals surface area contributed by atoms with Crippen LogP contribution in [-0.4, -0.2) is 36.0 Å². The van der Waals surface area contributed by atoms with Crippen molar-refractivity contribution in [3.63, 3.8) is 0 Å². The Labute approximate surface area is 88.4 Å². The molecule has 0 fully saturated rings. The summed E-state index contributed by atoms with van der Waals surface area (Å²) in [5.74, 6) is 0.418. The number of rotatable bonds is 5. The minimum Gasteiger partial charge on any atom is -0.289 e. The largest absolute Gasteiger partial charge is 0.401 e. The molecule has 0 amide bonds. The highest BCUT2D eigenvalue weighted by Gasteiger charge is 2.31. The van der Waals surface area contributed by atoms with Gasteiger partial charge in [0.15, 0.2) is 0 Å². The molecular formula is C9H16F3NS. The highest BCUT2D eigenvalue weighted by atomic mass is 32.1. The second-order valence-electron chi connectivity index (χ2n) is 3.52. The molecule has 0 unspecified atom stereocenters. The molecule has 0 aliphatic rings. The topological polar surface area (TPSA) is 3.24 Å². The van der Waals surface area contributed by atoms with Gasteiger partial charge in [-0.3, -0.25) is 4.90 Å². The fourth-order valence-corrected chi connectivity index (χ4v) is 1.09. The Bertz CT molecular complexity index is 189. The summed E-state index contributed by atoms with van der Waals surface area (Å²) in [6.45, 7) is 6.47. The van der Waals surface area contributed by atoms with Gasteiger partial charge in [-0.1, -0.05) is 12.2 Å². The van der Waals surface area contributed by atoms with Gasteiger partial charge in [-0.25, -0.2) is 0 Å². The zero-order chi connectivity index (χ0) is 11.4. The SMILES string of the molecule is C=C(CS)CN(CC(F)(F)F)C(C)C. The van der Waals surface area contributed by atoms with Crippen LogP contribution in [0.15, 0.2) is 12.2 Å². The van der Waals surface area contributed by atoms with Gasteiger partial charge in [0.25, 0.3) is 0 Å². The monoisotopic (exact) mass is 227 g/mol. The maximum Gasteiger partial charge on any atom is 0.401 e. The molecule has 0 bridgehead atoms. The van der Waals surface area contributed by atoms with Crippen molar-refractivity contribution in [3.05, 3.63) is 12.2 Å². The smallest absolute Gasteiger partial charge is 0.289 e. The van der Waals surface area contributed by atoms with Gasteiger partial charge in [0.2, 0.25) is 0 Å². The summed E-state index contributed by atoms with van der Waals surface area (Å²) in [5.41, 5.74) is 0.700. The van der Waals surface area contributed by atoms with E-state index in [-0.39, 0.29) is 12.6 Å². The molecule has 0 spiro atoms.